The van der Waals surface area contributed by atoms with E-state index in [1.54, 1.807) is 4.31 Å². The van der Waals surface area contributed by atoms with E-state index in [0.717, 1.165) is 38.6 Å². The highest BCUT2D eigenvalue weighted by Crippen LogP contribution is 2.30. The van der Waals surface area contributed by atoms with Crippen molar-refractivity contribution in [2.24, 2.45) is 5.92 Å². The van der Waals surface area contributed by atoms with Gasteiger partial charge in [-0.15, -0.1) is 12.4 Å². The Morgan fingerprint density at radius 1 is 1.00 bits per heavy atom. The van der Waals surface area contributed by atoms with Crippen LogP contribution in [0.15, 0.2) is 23.1 Å². The number of halogens is 1. The lowest BCUT2D eigenvalue weighted by atomic mass is 9.89. The molecule has 0 saturated carbocycles. The number of hydrogen-bond donors (Lipinski definition) is 1. The van der Waals surface area contributed by atoms with Gasteiger partial charge in [-0.3, -0.25) is 0 Å². The largest absolute Gasteiger partial charge is 0.314 e. The molecule has 24 heavy (non-hydrogen) atoms. The van der Waals surface area contributed by atoms with E-state index in [2.05, 4.69) is 5.32 Å². The van der Waals surface area contributed by atoms with Crippen LogP contribution in [0.2, 0.25) is 0 Å². The minimum atomic E-state index is -3.32. The first-order chi connectivity index (χ1) is 11.1. The van der Waals surface area contributed by atoms with E-state index in [-0.39, 0.29) is 12.4 Å². The van der Waals surface area contributed by atoms with Gasteiger partial charge in [0.25, 0.3) is 0 Å². The molecule has 3 aliphatic rings. The third kappa shape index (κ3) is 3.36. The number of nitrogens with one attached hydrogen (secondary N) is 1. The first-order valence-corrected chi connectivity index (χ1v) is 10.4. The molecule has 1 aromatic rings. The average molecular weight is 371 g/mol. The third-order valence-electron chi connectivity index (χ3n) is 5.87. The van der Waals surface area contributed by atoms with Gasteiger partial charge in [0, 0.05) is 19.1 Å². The summed E-state index contributed by atoms with van der Waals surface area (Å²) >= 11 is 0. The Bertz CT molecular complexity index is 678. The third-order valence-corrected chi connectivity index (χ3v) is 7.77. The Labute approximate surface area is 151 Å². The predicted octanol–water partition coefficient (Wildman–Crippen LogP) is 2.75. The number of rotatable bonds is 3. The summed E-state index contributed by atoms with van der Waals surface area (Å²) in [5.41, 5.74) is 2.56. The van der Waals surface area contributed by atoms with Crippen molar-refractivity contribution in [2.45, 2.75) is 55.9 Å². The van der Waals surface area contributed by atoms with Crippen molar-refractivity contribution in [3.05, 3.63) is 29.3 Å². The molecule has 1 atom stereocenters. The molecule has 4 rings (SSSR count). The van der Waals surface area contributed by atoms with Crippen LogP contribution in [0.5, 0.6) is 0 Å². The molecular weight excluding hydrogens is 344 g/mol. The van der Waals surface area contributed by atoms with Crippen LogP contribution in [0.4, 0.5) is 0 Å². The molecule has 0 radical (unpaired) electrons. The second-order valence-electron chi connectivity index (χ2n) is 7.23. The Morgan fingerprint density at radius 3 is 2.46 bits per heavy atom. The lowest BCUT2D eigenvalue weighted by molar-refractivity contribution is 0.234. The zero-order valence-corrected chi connectivity index (χ0v) is 15.7. The fourth-order valence-corrected chi connectivity index (χ4v) is 6.01. The smallest absolute Gasteiger partial charge is 0.243 e. The maximum absolute atomic E-state index is 12.9. The monoisotopic (exact) mass is 370 g/mol. The zero-order chi connectivity index (χ0) is 15.9. The number of sulfonamides is 1. The maximum atomic E-state index is 12.9. The van der Waals surface area contributed by atoms with E-state index in [9.17, 15) is 8.42 Å². The molecular formula is C18H27ClN2O2S. The number of aryl methyl sites for hydroxylation is 2. The highest BCUT2D eigenvalue weighted by atomic mass is 35.5. The standard InChI is InChI=1S/C18H26N2O2S.ClH/c21-23(22,17-7-6-14-3-1-4-16(14)13-17)20-11-8-15(9-12-20)18-5-2-10-19-18;/h6-7,13,15,18-19H,1-5,8-12H2;1H. The van der Waals surface area contributed by atoms with Gasteiger partial charge < -0.3 is 5.32 Å². The van der Waals surface area contributed by atoms with Crippen molar-refractivity contribution in [3.8, 4) is 0 Å². The molecule has 6 heteroatoms. The van der Waals surface area contributed by atoms with Gasteiger partial charge in [-0.25, -0.2) is 8.42 Å². The Balaban J connectivity index is 0.00000169. The molecule has 1 aromatic carbocycles. The number of nitrogens with zero attached hydrogens (tertiary/aromatic N) is 1. The molecule has 134 valence electrons. The van der Waals surface area contributed by atoms with Gasteiger partial charge >= 0.3 is 0 Å². The molecule has 0 spiro atoms. The predicted molar refractivity (Wildman–Crippen MR) is 98.2 cm³/mol. The molecule has 1 N–H and O–H groups in total. The first kappa shape index (κ1) is 18.2. The Morgan fingerprint density at radius 2 is 1.75 bits per heavy atom. The molecule has 1 unspecified atom stereocenters. The van der Waals surface area contributed by atoms with E-state index >= 15 is 0 Å². The van der Waals surface area contributed by atoms with Crippen molar-refractivity contribution in [1.29, 1.82) is 0 Å². The molecule has 0 aromatic heterocycles. The maximum Gasteiger partial charge on any atom is 0.243 e. The van der Waals surface area contributed by atoms with Crippen LogP contribution in [0, 0.1) is 5.92 Å². The zero-order valence-electron chi connectivity index (χ0n) is 14.0. The lowest BCUT2D eigenvalue weighted by Crippen LogP contribution is -2.43. The van der Waals surface area contributed by atoms with Gasteiger partial charge in [0.15, 0.2) is 0 Å². The summed E-state index contributed by atoms with van der Waals surface area (Å²) in [6.07, 6.45) is 7.76. The molecule has 2 fully saturated rings. The number of hydrogen-bond acceptors (Lipinski definition) is 3. The van der Waals surface area contributed by atoms with E-state index in [0.29, 0.717) is 29.9 Å². The molecule has 2 saturated heterocycles. The van der Waals surface area contributed by atoms with Gasteiger partial charge in [-0.2, -0.15) is 4.31 Å². The summed E-state index contributed by atoms with van der Waals surface area (Å²) < 4.78 is 27.6. The SMILES string of the molecule is Cl.O=S(=O)(c1ccc2c(c1)CCC2)N1CCC(C2CCCN2)CC1. The minimum absolute atomic E-state index is 0. The van der Waals surface area contributed by atoms with Crippen LogP contribution in [-0.2, 0) is 22.9 Å². The van der Waals surface area contributed by atoms with Crippen LogP contribution >= 0.6 is 12.4 Å². The van der Waals surface area contributed by atoms with Gasteiger partial charge in [0.05, 0.1) is 4.90 Å². The van der Waals surface area contributed by atoms with Crippen LogP contribution in [0.25, 0.3) is 0 Å². The summed E-state index contributed by atoms with van der Waals surface area (Å²) in [6.45, 7) is 2.46. The highest BCUT2D eigenvalue weighted by Gasteiger charge is 2.33. The van der Waals surface area contributed by atoms with Gasteiger partial charge in [-0.05, 0) is 80.7 Å². The van der Waals surface area contributed by atoms with Gasteiger partial charge in [0.2, 0.25) is 10.0 Å². The summed E-state index contributed by atoms with van der Waals surface area (Å²) in [7, 11) is -3.32. The second kappa shape index (κ2) is 7.32. The number of fused-ring (bicyclic) bond motifs is 1. The minimum Gasteiger partial charge on any atom is -0.314 e. The van der Waals surface area contributed by atoms with Crippen LogP contribution in [-0.4, -0.2) is 38.4 Å². The average Bonchev–Trinajstić information content (AvgIpc) is 3.25. The quantitative estimate of drug-likeness (QED) is 0.890. The van der Waals surface area contributed by atoms with E-state index in [4.69, 9.17) is 0 Å². The fraction of sp³-hybridized carbons (Fsp3) is 0.667. The molecule has 2 aliphatic heterocycles. The van der Waals surface area contributed by atoms with Crippen molar-refractivity contribution in [2.75, 3.05) is 19.6 Å². The highest BCUT2D eigenvalue weighted by molar-refractivity contribution is 7.89. The van der Waals surface area contributed by atoms with Crippen LogP contribution < -0.4 is 5.32 Å². The van der Waals surface area contributed by atoms with Gasteiger partial charge in [0.1, 0.15) is 0 Å². The second-order valence-corrected chi connectivity index (χ2v) is 9.17. The summed E-state index contributed by atoms with van der Waals surface area (Å²) in [4.78, 5) is 0.496. The molecule has 4 nitrogen and oxygen atoms in total. The normalized spacial score (nSPS) is 25.4. The van der Waals surface area contributed by atoms with Crippen LogP contribution in [0.1, 0.15) is 43.2 Å². The fourth-order valence-electron chi connectivity index (χ4n) is 4.49. The lowest BCUT2D eigenvalue weighted by Gasteiger charge is -2.34. The number of piperidine rings is 1. The van der Waals surface area contributed by atoms with Crippen molar-refractivity contribution in [1.82, 2.24) is 9.62 Å². The van der Waals surface area contributed by atoms with E-state index < -0.39 is 10.0 Å². The van der Waals surface area contributed by atoms with E-state index in [1.165, 1.54) is 24.0 Å². The summed E-state index contributed by atoms with van der Waals surface area (Å²) in [5.74, 6) is 0.643. The van der Waals surface area contributed by atoms with Crippen LogP contribution in [0.3, 0.4) is 0 Å². The molecule has 1 aliphatic carbocycles. The molecule has 0 bridgehead atoms. The molecule has 0 amide bonds. The topological polar surface area (TPSA) is 49.4 Å². The first-order valence-electron chi connectivity index (χ1n) is 9.00. The van der Waals surface area contributed by atoms with E-state index in [1.807, 2.05) is 18.2 Å². The summed E-state index contributed by atoms with van der Waals surface area (Å²) in [5, 5.41) is 3.57. The van der Waals surface area contributed by atoms with Crippen molar-refractivity contribution < 1.29 is 8.42 Å². The van der Waals surface area contributed by atoms with Gasteiger partial charge in [-0.1, -0.05) is 6.07 Å². The van der Waals surface area contributed by atoms with Crippen molar-refractivity contribution in [3.63, 3.8) is 0 Å². The number of benzene rings is 1. The van der Waals surface area contributed by atoms with Crippen molar-refractivity contribution >= 4 is 22.4 Å². The Kier molecular flexibility index (Phi) is 5.55. The Hall–Kier alpha value is -0.620. The molecule has 2 heterocycles. The summed E-state index contributed by atoms with van der Waals surface area (Å²) in [6, 6.07) is 6.36.